The normalized spacial score (nSPS) is 15.1. The molecule has 0 radical (unpaired) electrons. The van der Waals surface area contributed by atoms with E-state index in [2.05, 4.69) is 29.2 Å². The molecule has 0 bridgehead atoms. The number of ether oxygens (including phenoxy) is 2. The molecule has 0 unspecified atom stereocenters. The molecule has 2 aliphatic rings. The molecule has 0 saturated carbocycles. The molecule has 0 aromatic heterocycles. The van der Waals surface area contributed by atoms with Gasteiger partial charge in [0.2, 0.25) is 0 Å². The van der Waals surface area contributed by atoms with Crippen LogP contribution in [0.2, 0.25) is 0 Å². The smallest absolute Gasteiger partial charge is 0.161 e. The molecule has 0 saturated heterocycles. The molecule has 0 fully saturated rings. The van der Waals surface area contributed by atoms with Gasteiger partial charge in [0.1, 0.15) is 23.9 Å². The first-order valence-electron chi connectivity index (χ1n) is 8.99. The summed E-state index contributed by atoms with van der Waals surface area (Å²) < 4.78 is 11.9. The lowest BCUT2D eigenvalue weighted by atomic mass is 9.98. The van der Waals surface area contributed by atoms with Crippen LogP contribution in [0.15, 0.2) is 66.7 Å². The van der Waals surface area contributed by atoms with Crippen LogP contribution < -0.4 is 14.4 Å². The fraction of sp³-hybridized carbons (Fsp3) is 0.130. The minimum atomic E-state index is 0.261. The number of anilines is 1. The molecule has 2 aliphatic heterocycles. The van der Waals surface area contributed by atoms with Crippen molar-refractivity contribution in [1.29, 1.82) is 0 Å². The van der Waals surface area contributed by atoms with E-state index in [1.165, 1.54) is 0 Å². The summed E-state index contributed by atoms with van der Waals surface area (Å²) in [6.07, 6.45) is 2.13. The average molecular weight is 357 g/mol. The molecule has 2 heterocycles. The Morgan fingerprint density at radius 1 is 0.852 bits per heavy atom. The van der Waals surface area contributed by atoms with E-state index < -0.39 is 0 Å². The van der Waals surface area contributed by atoms with E-state index in [9.17, 15) is 5.11 Å². The molecular formula is C23H19NO3. The van der Waals surface area contributed by atoms with Crippen molar-refractivity contribution in [2.24, 2.45) is 0 Å². The van der Waals surface area contributed by atoms with Crippen molar-refractivity contribution in [2.75, 3.05) is 18.2 Å². The van der Waals surface area contributed by atoms with Gasteiger partial charge in [-0.2, -0.15) is 0 Å². The molecule has 4 heteroatoms. The summed E-state index contributed by atoms with van der Waals surface area (Å²) in [5.74, 6) is 1.98. The summed E-state index contributed by atoms with van der Waals surface area (Å²) in [6, 6.07) is 21.7. The maximum atomic E-state index is 9.74. The zero-order valence-electron chi connectivity index (χ0n) is 14.8. The molecular weight excluding hydrogens is 338 g/mol. The predicted molar refractivity (Wildman–Crippen MR) is 106 cm³/mol. The Morgan fingerprint density at radius 3 is 2.59 bits per heavy atom. The highest BCUT2D eigenvalue weighted by atomic mass is 16.5. The molecule has 4 nitrogen and oxygen atoms in total. The molecule has 0 amide bonds. The van der Waals surface area contributed by atoms with Gasteiger partial charge in [0, 0.05) is 29.4 Å². The number of para-hydroxylation sites is 1. The van der Waals surface area contributed by atoms with Gasteiger partial charge in [-0.05, 0) is 47.5 Å². The minimum absolute atomic E-state index is 0.261. The van der Waals surface area contributed by atoms with Crippen molar-refractivity contribution in [2.45, 2.75) is 6.54 Å². The third-order valence-corrected chi connectivity index (χ3v) is 4.98. The lowest BCUT2D eigenvalue weighted by Crippen LogP contribution is -2.31. The standard InChI is InChI=1S/C23H19NO3/c25-21-8-4-5-16(11-21)19-10-17-9-18-13-24(20-6-2-1-3-7-20)15-27-23(18)12-22(17)26-14-19/h1-12,25H,13-15H2. The van der Waals surface area contributed by atoms with Gasteiger partial charge in [0.15, 0.2) is 6.73 Å². The van der Waals surface area contributed by atoms with Crippen molar-refractivity contribution in [3.05, 3.63) is 83.4 Å². The van der Waals surface area contributed by atoms with Gasteiger partial charge < -0.3 is 19.5 Å². The van der Waals surface area contributed by atoms with Gasteiger partial charge in [-0.3, -0.25) is 0 Å². The monoisotopic (exact) mass is 357 g/mol. The van der Waals surface area contributed by atoms with Crippen LogP contribution in [0.1, 0.15) is 16.7 Å². The van der Waals surface area contributed by atoms with Crippen LogP contribution in [0.5, 0.6) is 17.2 Å². The van der Waals surface area contributed by atoms with Crippen LogP contribution in [0.4, 0.5) is 5.69 Å². The van der Waals surface area contributed by atoms with Crippen LogP contribution >= 0.6 is 0 Å². The van der Waals surface area contributed by atoms with E-state index in [0.717, 1.165) is 46.0 Å². The van der Waals surface area contributed by atoms with Gasteiger partial charge in [0.25, 0.3) is 0 Å². The van der Waals surface area contributed by atoms with Crippen LogP contribution in [-0.4, -0.2) is 18.4 Å². The lowest BCUT2D eigenvalue weighted by Gasteiger charge is -2.32. The Hall–Kier alpha value is -3.40. The molecule has 27 heavy (non-hydrogen) atoms. The number of rotatable bonds is 2. The first-order chi connectivity index (χ1) is 13.3. The van der Waals surface area contributed by atoms with E-state index in [-0.39, 0.29) is 5.75 Å². The van der Waals surface area contributed by atoms with Crippen LogP contribution in [0, 0.1) is 0 Å². The Kier molecular flexibility index (Phi) is 3.75. The number of hydrogen-bond donors (Lipinski definition) is 1. The van der Waals surface area contributed by atoms with Crippen molar-refractivity contribution in [3.8, 4) is 17.2 Å². The minimum Gasteiger partial charge on any atom is -0.508 e. The zero-order chi connectivity index (χ0) is 18.2. The highest BCUT2D eigenvalue weighted by molar-refractivity contribution is 5.86. The van der Waals surface area contributed by atoms with Crippen molar-refractivity contribution in [3.63, 3.8) is 0 Å². The molecule has 134 valence electrons. The number of nitrogens with zero attached hydrogens (tertiary/aromatic N) is 1. The number of aromatic hydroxyl groups is 1. The van der Waals surface area contributed by atoms with Gasteiger partial charge in [-0.25, -0.2) is 0 Å². The number of phenolic OH excluding ortho intramolecular Hbond substituents is 1. The maximum absolute atomic E-state index is 9.74. The molecule has 0 atom stereocenters. The second-order valence-electron chi connectivity index (χ2n) is 6.81. The Morgan fingerprint density at radius 2 is 1.74 bits per heavy atom. The molecule has 1 N–H and O–H groups in total. The van der Waals surface area contributed by atoms with Crippen LogP contribution in [0.25, 0.3) is 11.6 Å². The number of benzene rings is 3. The molecule has 3 aromatic carbocycles. The molecule has 3 aromatic rings. The summed E-state index contributed by atoms with van der Waals surface area (Å²) in [5, 5.41) is 9.74. The van der Waals surface area contributed by atoms with Gasteiger partial charge in [0.05, 0.1) is 0 Å². The Balaban J connectivity index is 1.48. The molecule has 0 aliphatic carbocycles. The van der Waals surface area contributed by atoms with E-state index in [1.807, 2.05) is 36.4 Å². The van der Waals surface area contributed by atoms with E-state index in [1.54, 1.807) is 12.1 Å². The van der Waals surface area contributed by atoms with Gasteiger partial charge in [-0.1, -0.05) is 30.3 Å². The van der Waals surface area contributed by atoms with Crippen molar-refractivity contribution >= 4 is 17.3 Å². The average Bonchev–Trinajstić information content (AvgIpc) is 2.72. The second-order valence-corrected chi connectivity index (χ2v) is 6.81. The third kappa shape index (κ3) is 2.99. The number of fused-ring (bicyclic) bond motifs is 2. The van der Waals surface area contributed by atoms with E-state index in [0.29, 0.717) is 13.3 Å². The van der Waals surface area contributed by atoms with E-state index >= 15 is 0 Å². The lowest BCUT2D eigenvalue weighted by molar-refractivity contribution is 0.285. The quantitative estimate of drug-likeness (QED) is 0.723. The third-order valence-electron chi connectivity index (χ3n) is 4.98. The van der Waals surface area contributed by atoms with Gasteiger partial charge in [-0.15, -0.1) is 0 Å². The largest absolute Gasteiger partial charge is 0.508 e. The maximum Gasteiger partial charge on any atom is 0.161 e. The fourth-order valence-electron chi connectivity index (χ4n) is 3.58. The van der Waals surface area contributed by atoms with Gasteiger partial charge >= 0.3 is 0 Å². The number of hydrogen-bond acceptors (Lipinski definition) is 4. The summed E-state index contributed by atoms with van der Waals surface area (Å²) in [7, 11) is 0. The highest BCUT2D eigenvalue weighted by Crippen LogP contribution is 2.38. The molecule has 5 rings (SSSR count). The fourth-order valence-corrected chi connectivity index (χ4v) is 3.58. The van der Waals surface area contributed by atoms with Crippen LogP contribution in [-0.2, 0) is 6.54 Å². The Labute approximate surface area is 157 Å². The van der Waals surface area contributed by atoms with E-state index in [4.69, 9.17) is 9.47 Å². The first-order valence-corrected chi connectivity index (χ1v) is 8.99. The topological polar surface area (TPSA) is 41.9 Å². The predicted octanol–water partition coefficient (Wildman–Crippen LogP) is 4.68. The summed E-state index contributed by atoms with van der Waals surface area (Å²) in [4.78, 5) is 2.21. The SMILES string of the molecule is Oc1cccc(C2=Cc3cc4c(cc3OC2)OCN(c2ccccc2)C4)c1. The Bertz CT molecular complexity index is 1030. The molecule has 0 spiro atoms. The summed E-state index contributed by atoms with van der Waals surface area (Å²) in [6.45, 7) is 1.80. The van der Waals surface area contributed by atoms with Crippen molar-refractivity contribution < 1.29 is 14.6 Å². The number of phenols is 1. The highest BCUT2D eigenvalue weighted by Gasteiger charge is 2.22. The van der Waals surface area contributed by atoms with Crippen molar-refractivity contribution in [1.82, 2.24) is 0 Å². The summed E-state index contributed by atoms with van der Waals surface area (Å²) >= 11 is 0. The first kappa shape index (κ1) is 15.8. The van der Waals surface area contributed by atoms with Crippen LogP contribution in [0.3, 0.4) is 0 Å². The second kappa shape index (κ2) is 6.40. The summed E-state index contributed by atoms with van der Waals surface area (Å²) in [5.41, 5.74) is 5.35. The zero-order valence-corrected chi connectivity index (χ0v) is 14.8.